The molecular weight excluding hydrogens is 310 g/mol. The summed E-state index contributed by atoms with van der Waals surface area (Å²) in [6.07, 6.45) is 4.79. The summed E-state index contributed by atoms with van der Waals surface area (Å²) in [7, 11) is 0. The van der Waals surface area contributed by atoms with Gasteiger partial charge in [-0.15, -0.1) is 0 Å². The number of nitrogens with two attached hydrogens (primary N) is 1. The molecule has 0 aliphatic heterocycles. The zero-order chi connectivity index (χ0) is 13.9. The lowest BCUT2D eigenvalue weighted by Gasteiger charge is -2.28. The molecule has 0 amide bonds. The van der Waals surface area contributed by atoms with Crippen molar-refractivity contribution in [2.75, 3.05) is 0 Å². The van der Waals surface area contributed by atoms with Gasteiger partial charge in [0.25, 0.3) is 0 Å². The van der Waals surface area contributed by atoms with E-state index in [1.807, 2.05) is 6.07 Å². The number of halogens is 1. The Morgan fingerprint density at radius 3 is 2.70 bits per heavy atom. The zero-order valence-corrected chi connectivity index (χ0v) is 13.1. The average molecular weight is 330 g/mol. The third kappa shape index (κ3) is 2.82. The SMILES string of the molecule is NC(CC1CCCc2ccccc21)c1ccccc1Br. The van der Waals surface area contributed by atoms with E-state index in [0.717, 1.165) is 10.9 Å². The minimum absolute atomic E-state index is 0.0988. The van der Waals surface area contributed by atoms with Gasteiger partial charge in [-0.1, -0.05) is 58.4 Å². The van der Waals surface area contributed by atoms with Gasteiger partial charge < -0.3 is 5.73 Å². The summed E-state index contributed by atoms with van der Waals surface area (Å²) in [5.74, 6) is 0.599. The molecule has 1 aliphatic rings. The molecule has 2 atom stereocenters. The average Bonchev–Trinajstić information content (AvgIpc) is 2.48. The number of hydrogen-bond acceptors (Lipinski definition) is 1. The van der Waals surface area contributed by atoms with Crippen LogP contribution in [0, 0.1) is 0 Å². The molecule has 104 valence electrons. The first-order chi connectivity index (χ1) is 9.75. The van der Waals surface area contributed by atoms with Crippen molar-refractivity contribution in [2.45, 2.75) is 37.6 Å². The number of hydrogen-bond donors (Lipinski definition) is 1. The molecule has 2 aromatic carbocycles. The van der Waals surface area contributed by atoms with Gasteiger partial charge in [0, 0.05) is 10.5 Å². The molecule has 2 heteroatoms. The maximum atomic E-state index is 6.45. The van der Waals surface area contributed by atoms with Gasteiger partial charge in [0.1, 0.15) is 0 Å². The van der Waals surface area contributed by atoms with Gasteiger partial charge >= 0.3 is 0 Å². The molecule has 1 nitrogen and oxygen atoms in total. The monoisotopic (exact) mass is 329 g/mol. The highest BCUT2D eigenvalue weighted by Gasteiger charge is 2.23. The summed E-state index contributed by atoms with van der Waals surface area (Å²) >= 11 is 3.61. The van der Waals surface area contributed by atoms with E-state index in [2.05, 4.69) is 58.4 Å². The smallest absolute Gasteiger partial charge is 0.0311 e. The molecular formula is C18H20BrN. The van der Waals surface area contributed by atoms with Crippen molar-refractivity contribution in [3.8, 4) is 0 Å². The Labute approximate surface area is 129 Å². The molecule has 0 heterocycles. The highest BCUT2D eigenvalue weighted by atomic mass is 79.9. The van der Waals surface area contributed by atoms with E-state index < -0.39 is 0 Å². The van der Waals surface area contributed by atoms with Crippen LogP contribution < -0.4 is 5.73 Å². The van der Waals surface area contributed by atoms with Gasteiger partial charge in [0.15, 0.2) is 0 Å². The van der Waals surface area contributed by atoms with Crippen molar-refractivity contribution >= 4 is 15.9 Å². The molecule has 3 rings (SSSR count). The maximum absolute atomic E-state index is 6.45. The summed E-state index contributed by atoms with van der Waals surface area (Å²) in [6.45, 7) is 0. The molecule has 0 saturated heterocycles. The van der Waals surface area contributed by atoms with E-state index in [1.54, 1.807) is 0 Å². The van der Waals surface area contributed by atoms with Gasteiger partial charge in [0.05, 0.1) is 0 Å². The third-order valence-corrected chi connectivity index (χ3v) is 5.06. The Hall–Kier alpha value is -1.12. The lowest BCUT2D eigenvalue weighted by atomic mass is 9.79. The van der Waals surface area contributed by atoms with Gasteiger partial charge in [-0.3, -0.25) is 0 Å². The summed E-state index contributed by atoms with van der Waals surface area (Å²) in [5, 5.41) is 0. The van der Waals surface area contributed by atoms with E-state index in [1.165, 1.54) is 36.0 Å². The fourth-order valence-electron chi connectivity index (χ4n) is 3.31. The molecule has 20 heavy (non-hydrogen) atoms. The minimum atomic E-state index is 0.0988. The fourth-order valence-corrected chi connectivity index (χ4v) is 3.89. The Morgan fingerprint density at radius 1 is 1.10 bits per heavy atom. The van der Waals surface area contributed by atoms with E-state index in [-0.39, 0.29) is 6.04 Å². The van der Waals surface area contributed by atoms with Crippen molar-refractivity contribution in [3.05, 3.63) is 69.7 Å². The van der Waals surface area contributed by atoms with Crippen molar-refractivity contribution in [2.24, 2.45) is 5.73 Å². The normalized spacial score (nSPS) is 19.4. The van der Waals surface area contributed by atoms with Crippen molar-refractivity contribution in [1.29, 1.82) is 0 Å². The zero-order valence-electron chi connectivity index (χ0n) is 11.6. The lowest BCUT2D eigenvalue weighted by molar-refractivity contribution is 0.475. The Morgan fingerprint density at radius 2 is 1.85 bits per heavy atom. The first-order valence-corrected chi connectivity index (χ1v) is 8.13. The van der Waals surface area contributed by atoms with Crippen molar-refractivity contribution in [1.82, 2.24) is 0 Å². The first-order valence-electron chi connectivity index (χ1n) is 7.33. The number of benzene rings is 2. The van der Waals surface area contributed by atoms with E-state index in [0.29, 0.717) is 5.92 Å². The van der Waals surface area contributed by atoms with Crippen molar-refractivity contribution in [3.63, 3.8) is 0 Å². The maximum Gasteiger partial charge on any atom is 0.0311 e. The van der Waals surface area contributed by atoms with Gasteiger partial charge in [-0.05, 0) is 54.4 Å². The summed E-state index contributed by atoms with van der Waals surface area (Å²) in [5.41, 5.74) is 10.7. The number of aryl methyl sites for hydroxylation is 1. The molecule has 2 aromatic rings. The van der Waals surface area contributed by atoms with Crippen LogP contribution in [0.2, 0.25) is 0 Å². The predicted molar refractivity (Wildman–Crippen MR) is 87.8 cm³/mol. The molecule has 0 radical (unpaired) electrons. The van der Waals surface area contributed by atoms with Crippen LogP contribution in [-0.4, -0.2) is 0 Å². The Balaban J connectivity index is 1.81. The van der Waals surface area contributed by atoms with Crippen molar-refractivity contribution < 1.29 is 0 Å². The lowest BCUT2D eigenvalue weighted by Crippen LogP contribution is -2.18. The standard InChI is InChI=1S/C18H20BrN/c19-17-11-4-3-10-16(17)18(20)12-14-8-5-7-13-6-1-2-9-15(13)14/h1-4,6,9-11,14,18H,5,7-8,12,20H2. The van der Waals surface area contributed by atoms with E-state index >= 15 is 0 Å². The van der Waals surface area contributed by atoms with Crippen LogP contribution >= 0.6 is 15.9 Å². The fraction of sp³-hybridized carbons (Fsp3) is 0.333. The second-order valence-corrected chi connectivity index (χ2v) is 6.51. The van der Waals surface area contributed by atoms with Gasteiger partial charge in [-0.2, -0.15) is 0 Å². The highest BCUT2D eigenvalue weighted by molar-refractivity contribution is 9.10. The molecule has 2 N–H and O–H groups in total. The molecule has 0 fully saturated rings. The van der Waals surface area contributed by atoms with Crippen LogP contribution in [-0.2, 0) is 6.42 Å². The molecule has 1 aliphatic carbocycles. The number of rotatable bonds is 3. The van der Waals surface area contributed by atoms with Crippen LogP contribution in [0.5, 0.6) is 0 Å². The summed E-state index contributed by atoms with van der Waals surface area (Å²) in [6, 6.07) is 17.3. The molecule has 2 unspecified atom stereocenters. The van der Waals surface area contributed by atoms with Crippen LogP contribution in [0.3, 0.4) is 0 Å². The van der Waals surface area contributed by atoms with E-state index in [4.69, 9.17) is 5.73 Å². The summed E-state index contributed by atoms with van der Waals surface area (Å²) < 4.78 is 1.12. The molecule has 0 aromatic heterocycles. The highest BCUT2D eigenvalue weighted by Crippen LogP contribution is 2.38. The van der Waals surface area contributed by atoms with Crippen LogP contribution in [0.15, 0.2) is 53.0 Å². The van der Waals surface area contributed by atoms with Crippen LogP contribution in [0.4, 0.5) is 0 Å². The topological polar surface area (TPSA) is 26.0 Å². The summed E-state index contributed by atoms with van der Waals surface area (Å²) in [4.78, 5) is 0. The van der Waals surface area contributed by atoms with Gasteiger partial charge in [0.2, 0.25) is 0 Å². The second kappa shape index (κ2) is 6.11. The predicted octanol–water partition coefficient (Wildman–Crippen LogP) is 4.96. The van der Waals surface area contributed by atoms with Gasteiger partial charge in [-0.25, -0.2) is 0 Å². The first kappa shape index (κ1) is 13.8. The molecule has 0 saturated carbocycles. The van der Waals surface area contributed by atoms with Crippen LogP contribution in [0.25, 0.3) is 0 Å². The minimum Gasteiger partial charge on any atom is -0.324 e. The Bertz CT molecular complexity index is 593. The second-order valence-electron chi connectivity index (χ2n) is 5.65. The number of fused-ring (bicyclic) bond motifs is 1. The van der Waals surface area contributed by atoms with Crippen LogP contribution in [0.1, 0.15) is 47.9 Å². The third-order valence-electron chi connectivity index (χ3n) is 4.34. The quantitative estimate of drug-likeness (QED) is 0.846. The molecule has 0 spiro atoms. The largest absolute Gasteiger partial charge is 0.324 e. The molecule has 0 bridgehead atoms. The Kier molecular flexibility index (Phi) is 4.23. The van der Waals surface area contributed by atoms with E-state index in [9.17, 15) is 0 Å².